The molecular formula is C14H16BrFN2S. The summed E-state index contributed by atoms with van der Waals surface area (Å²) in [7, 11) is 0. The van der Waals surface area contributed by atoms with Gasteiger partial charge in [0, 0.05) is 28.0 Å². The molecule has 1 heterocycles. The number of aromatic nitrogens is 1. The Morgan fingerprint density at radius 1 is 1.47 bits per heavy atom. The van der Waals surface area contributed by atoms with Crippen LogP contribution in [-0.4, -0.2) is 11.5 Å². The van der Waals surface area contributed by atoms with Crippen LogP contribution in [-0.2, 0) is 6.42 Å². The van der Waals surface area contributed by atoms with Crippen LogP contribution in [0, 0.1) is 12.7 Å². The molecule has 0 bridgehead atoms. The number of nitrogens with one attached hydrogen (secondary N) is 1. The molecule has 1 N–H and O–H groups in total. The van der Waals surface area contributed by atoms with E-state index in [2.05, 4.69) is 38.5 Å². The highest BCUT2D eigenvalue weighted by Gasteiger charge is 2.16. The molecule has 0 amide bonds. The Hall–Kier alpha value is -0.780. The van der Waals surface area contributed by atoms with Crippen LogP contribution >= 0.6 is 27.3 Å². The van der Waals surface area contributed by atoms with Gasteiger partial charge in [0.15, 0.2) is 0 Å². The van der Waals surface area contributed by atoms with Crippen molar-refractivity contribution >= 4 is 27.3 Å². The maximum atomic E-state index is 13.2. The number of nitrogens with zero attached hydrogens (tertiary/aromatic N) is 1. The summed E-state index contributed by atoms with van der Waals surface area (Å²) in [6.45, 7) is 4.92. The summed E-state index contributed by atoms with van der Waals surface area (Å²) in [5, 5.41) is 6.58. The standard InChI is InChI=1S/C14H16BrFN2S/c1-3-17-13(7-14-18-9(2)8-19-14)11-5-4-10(16)6-12(11)15/h4-6,8,13,17H,3,7H2,1-2H3. The summed E-state index contributed by atoms with van der Waals surface area (Å²) in [5.41, 5.74) is 2.12. The van der Waals surface area contributed by atoms with Crippen molar-refractivity contribution in [2.75, 3.05) is 6.54 Å². The van der Waals surface area contributed by atoms with Gasteiger partial charge in [-0.2, -0.15) is 0 Å². The zero-order chi connectivity index (χ0) is 13.8. The Morgan fingerprint density at radius 3 is 2.84 bits per heavy atom. The number of thiazole rings is 1. The Bertz CT molecular complexity index is 556. The van der Waals surface area contributed by atoms with Crippen molar-refractivity contribution in [3.8, 4) is 0 Å². The van der Waals surface area contributed by atoms with Crippen LogP contribution in [0.15, 0.2) is 28.1 Å². The molecule has 0 radical (unpaired) electrons. The van der Waals surface area contributed by atoms with Crippen molar-refractivity contribution < 1.29 is 4.39 Å². The molecule has 1 aromatic carbocycles. The van der Waals surface area contributed by atoms with E-state index >= 15 is 0 Å². The van der Waals surface area contributed by atoms with Crippen molar-refractivity contribution in [2.45, 2.75) is 26.3 Å². The van der Waals surface area contributed by atoms with E-state index in [1.54, 1.807) is 11.3 Å². The first-order valence-corrected chi connectivity index (χ1v) is 7.86. The first-order valence-electron chi connectivity index (χ1n) is 6.19. The first-order chi connectivity index (χ1) is 9.10. The predicted octanol–water partition coefficient (Wildman–Crippen LogP) is 4.25. The van der Waals surface area contributed by atoms with E-state index in [9.17, 15) is 4.39 Å². The van der Waals surface area contributed by atoms with Gasteiger partial charge in [0.25, 0.3) is 0 Å². The van der Waals surface area contributed by atoms with Gasteiger partial charge in [0.05, 0.1) is 5.01 Å². The molecule has 19 heavy (non-hydrogen) atoms. The fourth-order valence-corrected chi connectivity index (χ4v) is 3.44. The fraction of sp³-hybridized carbons (Fsp3) is 0.357. The Morgan fingerprint density at radius 2 is 2.26 bits per heavy atom. The largest absolute Gasteiger partial charge is 0.310 e. The summed E-state index contributed by atoms with van der Waals surface area (Å²) in [6.07, 6.45) is 0.816. The smallest absolute Gasteiger partial charge is 0.124 e. The number of likely N-dealkylation sites (N-methyl/N-ethyl adjacent to an activating group) is 1. The van der Waals surface area contributed by atoms with E-state index < -0.39 is 0 Å². The van der Waals surface area contributed by atoms with Gasteiger partial charge in [-0.1, -0.05) is 28.9 Å². The van der Waals surface area contributed by atoms with Gasteiger partial charge in [0.2, 0.25) is 0 Å². The molecule has 2 rings (SSSR count). The summed E-state index contributed by atoms with van der Waals surface area (Å²) < 4.78 is 14.0. The summed E-state index contributed by atoms with van der Waals surface area (Å²) >= 11 is 5.11. The van der Waals surface area contributed by atoms with Crippen LogP contribution in [0.1, 0.15) is 29.2 Å². The lowest BCUT2D eigenvalue weighted by Crippen LogP contribution is -2.23. The lowest BCUT2D eigenvalue weighted by atomic mass is 10.0. The first kappa shape index (κ1) is 14.6. The second kappa shape index (κ2) is 6.59. The third-order valence-corrected chi connectivity index (χ3v) is 4.51. The van der Waals surface area contributed by atoms with Crippen molar-refractivity contribution in [2.24, 2.45) is 0 Å². The highest BCUT2D eigenvalue weighted by molar-refractivity contribution is 9.10. The molecule has 5 heteroatoms. The third-order valence-electron chi connectivity index (χ3n) is 2.83. The van der Waals surface area contributed by atoms with Gasteiger partial charge in [-0.05, 0) is 31.2 Å². The van der Waals surface area contributed by atoms with Gasteiger partial charge in [-0.3, -0.25) is 0 Å². The van der Waals surface area contributed by atoms with Gasteiger partial charge in [-0.15, -0.1) is 11.3 Å². The SMILES string of the molecule is CCNC(Cc1nc(C)cs1)c1ccc(F)cc1Br. The number of hydrogen-bond donors (Lipinski definition) is 1. The van der Waals surface area contributed by atoms with Crippen LogP contribution in [0.4, 0.5) is 4.39 Å². The van der Waals surface area contributed by atoms with Gasteiger partial charge in [0.1, 0.15) is 5.82 Å². The topological polar surface area (TPSA) is 24.9 Å². The fourth-order valence-electron chi connectivity index (χ4n) is 1.99. The molecule has 1 atom stereocenters. The van der Waals surface area contributed by atoms with E-state index in [1.807, 2.05) is 13.0 Å². The highest BCUT2D eigenvalue weighted by Crippen LogP contribution is 2.27. The third kappa shape index (κ3) is 3.84. The Kier molecular flexibility index (Phi) is 5.07. The molecular weight excluding hydrogens is 327 g/mol. The molecule has 0 saturated carbocycles. The van der Waals surface area contributed by atoms with E-state index in [1.165, 1.54) is 12.1 Å². The van der Waals surface area contributed by atoms with E-state index in [4.69, 9.17) is 0 Å². The van der Waals surface area contributed by atoms with E-state index in [0.717, 1.165) is 33.7 Å². The number of halogens is 2. The van der Waals surface area contributed by atoms with Crippen molar-refractivity contribution in [1.29, 1.82) is 0 Å². The second-order valence-corrected chi connectivity index (χ2v) is 6.16. The van der Waals surface area contributed by atoms with Crippen LogP contribution in [0.2, 0.25) is 0 Å². The van der Waals surface area contributed by atoms with Crippen LogP contribution in [0.3, 0.4) is 0 Å². The molecule has 2 aromatic rings. The van der Waals surface area contributed by atoms with Crippen LogP contribution in [0.25, 0.3) is 0 Å². The molecule has 1 unspecified atom stereocenters. The average molecular weight is 343 g/mol. The monoisotopic (exact) mass is 342 g/mol. The van der Waals surface area contributed by atoms with Gasteiger partial charge in [-0.25, -0.2) is 9.37 Å². The molecule has 0 saturated heterocycles. The predicted molar refractivity (Wildman–Crippen MR) is 81.1 cm³/mol. The van der Waals surface area contributed by atoms with Gasteiger partial charge >= 0.3 is 0 Å². The maximum absolute atomic E-state index is 13.2. The molecule has 0 aliphatic carbocycles. The molecule has 0 spiro atoms. The van der Waals surface area contributed by atoms with Crippen molar-refractivity contribution in [3.05, 3.63) is 50.1 Å². The van der Waals surface area contributed by atoms with Crippen LogP contribution in [0.5, 0.6) is 0 Å². The summed E-state index contributed by atoms with van der Waals surface area (Å²) in [6, 6.07) is 4.97. The molecule has 2 nitrogen and oxygen atoms in total. The molecule has 1 aromatic heterocycles. The Labute approximate surface area is 125 Å². The van der Waals surface area contributed by atoms with Crippen LogP contribution < -0.4 is 5.32 Å². The highest BCUT2D eigenvalue weighted by atomic mass is 79.9. The lowest BCUT2D eigenvalue weighted by molar-refractivity contribution is 0.544. The minimum atomic E-state index is -0.226. The normalized spacial score (nSPS) is 12.6. The molecule has 0 aliphatic rings. The second-order valence-electron chi connectivity index (χ2n) is 4.36. The van der Waals surface area contributed by atoms with Gasteiger partial charge < -0.3 is 5.32 Å². The molecule has 102 valence electrons. The minimum Gasteiger partial charge on any atom is -0.310 e. The van der Waals surface area contributed by atoms with Crippen molar-refractivity contribution in [1.82, 2.24) is 10.3 Å². The minimum absolute atomic E-state index is 0.144. The molecule has 0 fully saturated rings. The average Bonchev–Trinajstić information content (AvgIpc) is 2.74. The summed E-state index contributed by atoms with van der Waals surface area (Å²) in [5.74, 6) is -0.226. The number of rotatable bonds is 5. The van der Waals surface area contributed by atoms with Crippen molar-refractivity contribution in [3.63, 3.8) is 0 Å². The lowest BCUT2D eigenvalue weighted by Gasteiger charge is -2.18. The zero-order valence-electron chi connectivity index (χ0n) is 10.9. The number of hydrogen-bond acceptors (Lipinski definition) is 3. The zero-order valence-corrected chi connectivity index (χ0v) is 13.3. The number of benzene rings is 1. The summed E-state index contributed by atoms with van der Waals surface area (Å²) in [4.78, 5) is 4.49. The Balaban J connectivity index is 2.23. The quantitative estimate of drug-likeness (QED) is 0.878. The van der Waals surface area contributed by atoms with E-state index in [-0.39, 0.29) is 11.9 Å². The number of aryl methyl sites for hydroxylation is 1. The molecule has 0 aliphatic heterocycles. The van der Waals surface area contributed by atoms with E-state index in [0.29, 0.717) is 0 Å². The maximum Gasteiger partial charge on any atom is 0.124 e.